The Hall–Kier alpha value is -2.71. The minimum absolute atomic E-state index is 0.0278. The number of carbonyl (C=O) groups is 3. The van der Waals surface area contributed by atoms with E-state index in [4.69, 9.17) is 5.11 Å². The summed E-state index contributed by atoms with van der Waals surface area (Å²) in [7, 11) is 0. The molecule has 1 rings (SSSR count). The van der Waals surface area contributed by atoms with E-state index in [2.05, 4.69) is 10.3 Å². The topological polar surface area (TPSA) is 122 Å². The summed E-state index contributed by atoms with van der Waals surface area (Å²) in [6, 6.07) is 1.56. The molecule has 0 saturated carbocycles. The highest BCUT2D eigenvalue weighted by molar-refractivity contribution is 5.81. The summed E-state index contributed by atoms with van der Waals surface area (Å²) in [5.74, 6) is -1.56. The Bertz CT molecular complexity index is 557. The predicted molar refractivity (Wildman–Crippen MR) is 71.4 cm³/mol. The highest BCUT2D eigenvalue weighted by Crippen LogP contribution is 1.96. The molecule has 2 amide bonds. The fourth-order valence-corrected chi connectivity index (χ4v) is 1.65. The number of hydrogen-bond donors (Lipinski definition) is 2. The van der Waals surface area contributed by atoms with Crippen LogP contribution in [0.3, 0.4) is 0 Å². The molecule has 0 unspecified atom stereocenters. The second kappa shape index (κ2) is 8.46. The molecule has 0 radical (unpaired) electrons. The van der Waals surface area contributed by atoms with Crippen molar-refractivity contribution in [2.75, 3.05) is 19.6 Å². The van der Waals surface area contributed by atoms with Crippen LogP contribution in [0.5, 0.6) is 0 Å². The van der Waals surface area contributed by atoms with E-state index in [9.17, 15) is 19.2 Å². The van der Waals surface area contributed by atoms with Crippen LogP contribution in [-0.2, 0) is 20.9 Å². The van der Waals surface area contributed by atoms with Gasteiger partial charge in [-0.05, 0) is 6.07 Å². The summed E-state index contributed by atoms with van der Waals surface area (Å²) in [5.41, 5.74) is -0.474. The van der Waals surface area contributed by atoms with Crippen molar-refractivity contribution in [3.63, 3.8) is 0 Å². The molecule has 0 aliphatic heterocycles. The van der Waals surface area contributed by atoms with Crippen LogP contribution < -0.4 is 11.0 Å². The van der Waals surface area contributed by atoms with Gasteiger partial charge in [-0.15, -0.1) is 0 Å². The molecule has 114 valence electrons. The Balaban J connectivity index is 2.58. The number of aryl methyl sites for hydroxylation is 1. The third kappa shape index (κ3) is 5.85. The van der Waals surface area contributed by atoms with E-state index >= 15 is 0 Å². The van der Waals surface area contributed by atoms with Gasteiger partial charge in [0.25, 0.3) is 0 Å². The third-order valence-corrected chi connectivity index (χ3v) is 2.64. The number of aromatic nitrogens is 2. The molecule has 0 bridgehead atoms. The van der Waals surface area contributed by atoms with Crippen molar-refractivity contribution in [2.24, 2.45) is 0 Å². The number of carboxylic acids is 1. The molecule has 0 saturated heterocycles. The van der Waals surface area contributed by atoms with E-state index < -0.39 is 24.1 Å². The van der Waals surface area contributed by atoms with Crippen molar-refractivity contribution >= 4 is 18.3 Å². The van der Waals surface area contributed by atoms with Gasteiger partial charge in [0.15, 0.2) is 0 Å². The van der Waals surface area contributed by atoms with E-state index in [1.165, 1.54) is 17.0 Å². The van der Waals surface area contributed by atoms with Crippen LogP contribution >= 0.6 is 0 Å². The van der Waals surface area contributed by atoms with E-state index in [0.717, 1.165) is 4.90 Å². The quantitative estimate of drug-likeness (QED) is 0.413. The van der Waals surface area contributed by atoms with Crippen molar-refractivity contribution in [1.29, 1.82) is 0 Å². The van der Waals surface area contributed by atoms with Gasteiger partial charge in [0.2, 0.25) is 12.3 Å². The maximum absolute atomic E-state index is 12.0. The Morgan fingerprint density at radius 1 is 1.48 bits per heavy atom. The lowest BCUT2D eigenvalue weighted by Crippen LogP contribution is -2.40. The minimum atomic E-state index is -1.15. The lowest BCUT2D eigenvalue weighted by Gasteiger charge is -2.20. The number of nitrogens with zero attached hydrogens (tertiary/aromatic N) is 3. The molecule has 9 heteroatoms. The number of hydrogen-bond acceptors (Lipinski definition) is 5. The molecular formula is C12H16N4O5. The van der Waals surface area contributed by atoms with E-state index in [1.807, 2.05) is 0 Å². The number of carboxylic acid groups (broad SMARTS) is 1. The molecule has 0 atom stereocenters. The van der Waals surface area contributed by atoms with Gasteiger partial charge in [-0.2, -0.15) is 0 Å². The molecule has 9 nitrogen and oxygen atoms in total. The largest absolute Gasteiger partial charge is 0.480 e. The molecule has 0 aromatic carbocycles. The van der Waals surface area contributed by atoms with Gasteiger partial charge in [-0.25, -0.2) is 9.78 Å². The number of amides is 2. The van der Waals surface area contributed by atoms with Crippen LogP contribution in [0.1, 0.15) is 6.42 Å². The molecule has 21 heavy (non-hydrogen) atoms. The molecule has 2 N–H and O–H groups in total. The summed E-state index contributed by atoms with van der Waals surface area (Å²) in [6.07, 6.45) is 3.29. The highest BCUT2D eigenvalue weighted by Gasteiger charge is 2.16. The molecular weight excluding hydrogens is 280 g/mol. The Morgan fingerprint density at radius 2 is 2.24 bits per heavy atom. The first-order valence-electron chi connectivity index (χ1n) is 6.22. The van der Waals surface area contributed by atoms with Gasteiger partial charge in [0.05, 0.1) is 0 Å². The molecule has 0 aliphatic carbocycles. The molecule has 1 heterocycles. The Morgan fingerprint density at radius 3 is 2.86 bits per heavy atom. The molecule has 0 spiro atoms. The standard InChI is InChI=1S/C12H16N4O5/c17-9-13-4-7-16(8-11(19)20)10(18)2-6-15-5-1-3-14-12(15)21/h1,3,5,9H,2,4,6-8H2,(H,13,17)(H,19,20). The van der Waals surface area contributed by atoms with E-state index in [1.54, 1.807) is 6.07 Å². The zero-order valence-corrected chi connectivity index (χ0v) is 11.3. The number of carbonyl (C=O) groups excluding carboxylic acids is 2. The number of rotatable bonds is 9. The Kier molecular flexibility index (Phi) is 6.58. The molecule has 1 aromatic heterocycles. The van der Waals surface area contributed by atoms with Gasteiger partial charge >= 0.3 is 11.7 Å². The monoisotopic (exact) mass is 296 g/mol. The molecule has 0 fully saturated rings. The lowest BCUT2D eigenvalue weighted by molar-refractivity contribution is -0.144. The average Bonchev–Trinajstić information content (AvgIpc) is 2.45. The third-order valence-electron chi connectivity index (χ3n) is 2.64. The van der Waals surface area contributed by atoms with E-state index in [0.29, 0.717) is 6.41 Å². The number of aliphatic carboxylic acids is 1. The average molecular weight is 296 g/mol. The Labute approximate surface area is 120 Å². The first-order valence-corrected chi connectivity index (χ1v) is 6.22. The molecule has 0 aliphatic rings. The van der Waals surface area contributed by atoms with Crippen molar-refractivity contribution in [2.45, 2.75) is 13.0 Å². The summed E-state index contributed by atoms with van der Waals surface area (Å²) in [4.78, 5) is 48.9. The number of nitrogens with one attached hydrogen (secondary N) is 1. The zero-order chi connectivity index (χ0) is 15.7. The van der Waals surface area contributed by atoms with Crippen LogP contribution in [0.25, 0.3) is 0 Å². The minimum Gasteiger partial charge on any atom is -0.480 e. The fourth-order valence-electron chi connectivity index (χ4n) is 1.65. The SMILES string of the molecule is O=CNCCN(CC(=O)O)C(=O)CCn1cccnc1=O. The van der Waals surface area contributed by atoms with E-state index in [-0.39, 0.29) is 26.1 Å². The summed E-state index contributed by atoms with van der Waals surface area (Å²) in [5, 5.41) is 11.1. The van der Waals surface area contributed by atoms with Crippen molar-refractivity contribution in [1.82, 2.24) is 19.8 Å². The second-order valence-corrected chi connectivity index (χ2v) is 4.13. The van der Waals surface area contributed by atoms with Crippen LogP contribution in [0, 0.1) is 0 Å². The van der Waals surface area contributed by atoms with Crippen LogP contribution in [0.15, 0.2) is 23.3 Å². The highest BCUT2D eigenvalue weighted by atomic mass is 16.4. The normalized spacial score (nSPS) is 9.90. The first-order chi connectivity index (χ1) is 10.0. The van der Waals surface area contributed by atoms with Crippen LogP contribution in [0.2, 0.25) is 0 Å². The van der Waals surface area contributed by atoms with Crippen molar-refractivity contribution < 1.29 is 19.5 Å². The van der Waals surface area contributed by atoms with Gasteiger partial charge in [-0.1, -0.05) is 0 Å². The van der Waals surface area contributed by atoms with Crippen LogP contribution in [0.4, 0.5) is 0 Å². The second-order valence-electron chi connectivity index (χ2n) is 4.13. The van der Waals surface area contributed by atoms with Gasteiger partial charge in [0.1, 0.15) is 6.54 Å². The lowest BCUT2D eigenvalue weighted by atomic mass is 10.3. The smallest absolute Gasteiger partial charge is 0.347 e. The van der Waals surface area contributed by atoms with Crippen molar-refractivity contribution in [3.05, 3.63) is 28.9 Å². The van der Waals surface area contributed by atoms with Gasteiger partial charge < -0.3 is 15.3 Å². The zero-order valence-electron chi connectivity index (χ0n) is 11.3. The summed E-state index contributed by atoms with van der Waals surface area (Å²) < 4.78 is 1.26. The first kappa shape index (κ1) is 16.3. The summed E-state index contributed by atoms with van der Waals surface area (Å²) in [6.45, 7) is -0.0920. The fraction of sp³-hybridized carbons (Fsp3) is 0.417. The maximum Gasteiger partial charge on any atom is 0.347 e. The summed E-state index contributed by atoms with van der Waals surface area (Å²) >= 11 is 0. The predicted octanol–water partition coefficient (Wildman–Crippen LogP) is -1.71. The van der Waals surface area contributed by atoms with Gasteiger partial charge in [-0.3, -0.25) is 19.0 Å². The maximum atomic E-state index is 12.0. The van der Waals surface area contributed by atoms with Gasteiger partial charge in [0, 0.05) is 38.4 Å². The molecule has 1 aromatic rings. The van der Waals surface area contributed by atoms with Crippen LogP contribution in [-0.4, -0.2) is 57.5 Å². The van der Waals surface area contributed by atoms with Crippen molar-refractivity contribution in [3.8, 4) is 0 Å².